The molecule has 1 N–H and O–H groups in total. The monoisotopic (exact) mass is 275 g/mol. The van der Waals surface area contributed by atoms with Crippen LogP contribution < -0.4 is 10.3 Å². The maximum Gasteiger partial charge on any atom is 0.168 e. The Bertz CT molecular complexity index is 548. The van der Waals surface area contributed by atoms with Crippen LogP contribution in [0.25, 0.3) is 0 Å². The van der Waals surface area contributed by atoms with Crippen LogP contribution in [-0.2, 0) is 0 Å². The third-order valence-electron chi connectivity index (χ3n) is 2.43. The molecule has 0 spiro atoms. The third kappa shape index (κ3) is 3.93. The highest BCUT2D eigenvalue weighted by atomic mass is 35.5. The van der Waals surface area contributed by atoms with Gasteiger partial charge in [-0.2, -0.15) is 5.10 Å². The SMILES string of the molecule is CN(C)c1ccc(C=NNc2ccc(Cl)nn2)cc1. The molecule has 0 amide bonds. The number of hydrazone groups is 1. The maximum atomic E-state index is 5.64. The van der Waals surface area contributed by atoms with Crippen LogP contribution >= 0.6 is 11.6 Å². The van der Waals surface area contributed by atoms with Gasteiger partial charge in [0, 0.05) is 19.8 Å². The van der Waals surface area contributed by atoms with E-state index in [4.69, 9.17) is 11.6 Å². The first kappa shape index (κ1) is 13.3. The summed E-state index contributed by atoms with van der Waals surface area (Å²) in [5, 5.41) is 12.0. The molecule has 1 aromatic carbocycles. The maximum absolute atomic E-state index is 5.64. The molecule has 6 heteroatoms. The first-order chi connectivity index (χ1) is 9.15. The summed E-state index contributed by atoms with van der Waals surface area (Å²) in [6.07, 6.45) is 1.72. The van der Waals surface area contributed by atoms with Gasteiger partial charge in [0.2, 0.25) is 0 Å². The van der Waals surface area contributed by atoms with Gasteiger partial charge >= 0.3 is 0 Å². The van der Waals surface area contributed by atoms with E-state index in [2.05, 4.69) is 20.7 Å². The summed E-state index contributed by atoms with van der Waals surface area (Å²) >= 11 is 5.64. The second kappa shape index (κ2) is 6.15. The molecule has 5 nitrogen and oxygen atoms in total. The number of nitrogens with one attached hydrogen (secondary N) is 1. The molecule has 0 fully saturated rings. The Labute approximate surface area is 116 Å². The molecular weight excluding hydrogens is 262 g/mol. The van der Waals surface area contributed by atoms with E-state index in [1.165, 1.54) is 0 Å². The molecule has 0 atom stereocenters. The van der Waals surface area contributed by atoms with Crippen LogP contribution in [0.1, 0.15) is 5.56 Å². The quantitative estimate of drug-likeness (QED) is 0.688. The van der Waals surface area contributed by atoms with E-state index in [1.807, 2.05) is 43.3 Å². The summed E-state index contributed by atoms with van der Waals surface area (Å²) in [4.78, 5) is 2.04. The fourth-order valence-electron chi connectivity index (χ4n) is 1.41. The average Bonchev–Trinajstić information content (AvgIpc) is 2.41. The summed E-state index contributed by atoms with van der Waals surface area (Å²) < 4.78 is 0. The lowest BCUT2D eigenvalue weighted by Gasteiger charge is -2.11. The number of benzene rings is 1. The summed E-state index contributed by atoms with van der Waals surface area (Å²) in [6.45, 7) is 0. The van der Waals surface area contributed by atoms with Gasteiger partial charge in [-0.15, -0.1) is 10.2 Å². The van der Waals surface area contributed by atoms with Gasteiger partial charge in [-0.1, -0.05) is 23.7 Å². The van der Waals surface area contributed by atoms with Crippen LogP contribution in [-0.4, -0.2) is 30.5 Å². The Hall–Kier alpha value is -2.14. The zero-order chi connectivity index (χ0) is 13.7. The van der Waals surface area contributed by atoms with Crippen LogP contribution in [0.15, 0.2) is 41.5 Å². The first-order valence-corrected chi connectivity index (χ1v) is 6.08. The van der Waals surface area contributed by atoms with Gasteiger partial charge in [0.15, 0.2) is 11.0 Å². The highest BCUT2D eigenvalue weighted by molar-refractivity contribution is 6.29. The van der Waals surface area contributed by atoms with Gasteiger partial charge in [-0.05, 0) is 29.8 Å². The highest BCUT2D eigenvalue weighted by Crippen LogP contribution is 2.11. The van der Waals surface area contributed by atoms with E-state index in [0.717, 1.165) is 11.3 Å². The van der Waals surface area contributed by atoms with Crippen molar-refractivity contribution in [1.82, 2.24) is 10.2 Å². The predicted molar refractivity (Wildman–Crippen MR) is 79.0 cm³/mol. The molecule has 1 aromatic heterocycles. The van der Waals surface area contributed by atoms with Gasteiger partial charge in [-0.3, -0.25) is 5.43 Å². The van der Waals surface area contributed by atoms with Gasteiger partial charge in [0.1, 0.15) is 0 Å². The van der Waals surface area contributed by atoms with Crippen molar-refractivity contribution >= 4 is 29.3 Å². The van der Waals surface area contributed by atoms with Crippen LogP contribution in [0.5, 0.6) is 0 Å². The Kier molecular flexibility index (Phi) is 4.30. The molecule has 0 aliphatic heterocycles. The molecule has 19 heavy (non-hydrogen) atoms. The molecule has 1 heterocycles. The summed E-state index contributed by atoms with van der Waals surface area (Å²) in [5.74, 6) is 0.547. The number of hydrogen-bond donors (Lipinski definition) is 1. The molecular formula is C13H14ClN5. The van der Waals surface area contributed by atoms with Crippen LogP contribution in [0.3, 0.4) is 0 Å². The Morgan fingerprint density at radius 1 is 1.11 bits per heavy atom. The molecule has 0 bridgehead atoms. The van der Waals surface area contributed by atoms with E-state index in [9.17, 15) is 0 Å². The summed E-state index contributed by atoms with van der Waals surface area (Å²) in [5.41, 5.74) is 4.93. The minimum atomic E-state index is 0.355. The topological polar surface area (TPSA) is 53.4 Å². The predicted octanol–water partition coefficient (Wildman–Crippen LogP) is 2.64. The molecule has 0 aliphatic carbocycles. The van der Waals surface area contributed by atoms with Crippen molar-refractivity contribution in [2.24, 2.45) is 5.10 Å². The number of rotatable bonds is 4. The highest BCUT2D eigenvalue weighted by Gasteiger charge is 1.95. The van der Waals surface area contributed by atoms with Crippen LogP contribution in [0.2, 0.25) is 5.15 Å². The largest absolute Gasteiger partial charge is 0.378 e. The van der Waals surface area contributed by atoms with E-state index in [-0.39, 0.29) is 0 Å². The number of anilines is 2. The smallest absolute Gasteiger partial charge is 0.168 e. The Morgan fingerprint density at radius 3 is 2.42 bits per heavy atom. The van der Waals surface area contributed by atoms with Crippen LogP contribution in [0, 0.1) is 0 Å². The number of halogens is 1. The molecule has 0 aliphatic rings. The van der Waals surface area contributed by atoms with Gasteiger partial charge in [0.05, 0.1) is 6.21 Å². The summed E-state index contributed by atoms with van der Waals surface area (Å²) in [7, 11) is 4.01. The first-order valence-electron chi connectivity index (χ1n) is 5.71. The van der Waals surface area contributed by atoms with Crippen molar-refractivity contribution in [3.8, 4) is 0 Å². The van der Waals surface area contributed by atoms with Gasteiger partial charge < -0.3 is 4.90 Å². The van der Waals surface area contributed by atoms with Crippen molar-refractivity contribution in [3.05, 3.63) is 47.1 Å². The lowest BCUT2D eigenvalue weighted by Crippen LogP contribution is -2.08. The van der Waals surface area contributed by atoms with Crippen molar-refractivity contribution in [2.75, 3.05) is 24.4 Å². The van der Waals surface area contributed by atoms with Gasteiger partial charge in [-0.25, -0.2) is 0 Å². The fraction of sp³-hybridized carbons (Fsp3) is 0.154. The van der Waals surface area contributed by atoms with Gasteiger partial charge in [0.25, 0.3) is 0 Å². The van der Waals surface area contributed by atoms with E-state index < -0.39 is 0 Å². The zero-order valence-electron chi connectivity index (χ0n) is 10.7. The minimum Gasteiger partial charge on any atom is -0.378 e. The molecule has 0 unspecified atom stereocenters. The second-order valence-electron chi connectivity index (χ2n) is 4.10. The lowest BCUT2D eigenvalue weighted by molar-refractivity contribution is 1.02. The van der Waals surface area contributed by atoms with E-state index >= 15 is 0 Å². The molecule has 0 saturated carbocycles. The molecule has 2 rings (SSSR count). The van der Waals surface area contributed by atoms with E-state index in [1.54, 1.807) is 18.3 Å². The molecule has 0 radical (unpaired) electrons. The molecule has 98 valence electrons. The molecule has 2 aromatic rings. The number of nitrogens with zero attached hydrogens (tertiary/aromatic N) is 4. The van der Waals surface area contributed by atoms with Crippen molar-refractivity contribution in [3.63, 3.8) is 0 Å². The normalized spacial score (nSPS) is 10.7. The van der Waals surface area contributed by atoms with Crippen molar-refractivity contribution < 1.29 is 0 Å². The fourth-order valence-corrected chi connectivity index (χ4v) is 1.51. The standard InChI is InChI=1S/C13H14ClN5/c1-19(2)11-5-3-10(4-6-11)9-15-17-13-8-7-12(14)16-18-13/h3-9H,1-2H3,(H,17,18). The minimum absolute atomic E-state index is 0.355. The Balaban J connectivity index is 1.97. The third-order valence-corrected chi connectivity index (χ3v) is 2.64. The average molecular weight is 276 g/mol. The van der Waals surface area contributed by atoms with Crippen molar-refractivity contribution in [2.45, 2.75) is 0 Å². The second-order valence-corrected chi connectivity index (χ2v) is 4.48. The summed E-state index contributed by atoms with van der Waals surface area (Å²) in [6, 6.07) is 11.4. The lowest BCUT2D eigenvalue weighted by atomic mass is 10.2. The van der Waals surface area contributed by atoms with Crippen molar-refractivity contribution in [1.29, 1.82) is 0 Å². The van der Waals surface area contributed by atoms with E-state index in [0.29, 0.717) is 11.0 Å². The zero-order valence-corrected chi connectivity index (χ0v) is 11.5. The molecule has 0 saturated heterocycles. The Morgan fingerprint density at radius 2 is 1.84 bits per heavy atom. The number of hydrogen-bond acceptors (Lipinski definition) is 5. The van der Waals surface area contributed by atoms with Crippen LogP contribution in [0.4, 0.5) is 11.5 Å². The number of aromatic nitrogens is 2.